The Labute approximate surface area is 238 Å². The second-order valence-electron chi connectivity index (χ2n) is 15.0. The highest BCUT2D eigenvalue weighted by atomic mass is 16.5. The summed E-state index contributed by atoms with van der Waals surface area (Å²) in [6.45, 7) is 17.5. The summed E-state index contributed by atoms with van der Waals surface area (Å²) in [6.07, 6.45) is 4.57. The van der Waals surface area contributed by atoms with Gasteiger partial charge in [0.1, 0.15) is 34.2 Å². The van der Waals surface area contributed by atoms with Crippen molar-refractivity contribution in [2.75, 3.05) is 0 Å². The minimum atomic E-state index is -0.186. The van der Waals surface area contributed by atoms with Gasteiger partial charge in [0.25, 0.3) is 0 Å². The van der Waals surface area contributed by atoms with Crippen molar-refractivity contribution < 1.29 is 29.2 Å². The Morgan fingerprint density at radius 1 is 0.625 bits per heavy atom. The topological polar surface area (TPSA) is 77.4 Å². The second kappa shape index (κ2) is 8.10. The summed E-state index contributed by atoms with van der Waals surface area (Å²) in [5.74, 6) is 2.85. The van der Waals surface area contributed by atoms with E-state index in [1.165, 1.54) is 0 Å². The zero-order valence-electron chi connectivity index (χ0n) is 25.1. The first kappa shape index (κ1) is 26.5. The van der Waals surface area contributed by atoms with Crippen LogP contribution in [-0.2, 0) is 9.47 Å². The van der Waals surface area contributed by atoms with Gasteiger partial charge in [-0.25, -0.2) is 0 Å². The molecule has 4 bridgehead atoms. The second-order valence-corrected chi connectivity index (χ2v) is 15.0. The van der Waals surface area contributed by atoms with E-state index in [-0.39, 0.29) is 46.4 Å². The Bertz CT molecular complexity index is 1290. The van der Waals surface area contributed by atoms with E-state index in [9.17, 15) is 10.2 Å². The van der Waals surface area contributed by atoms with Crippen LogP contribution < -0.4 is 9.47 Å². The summed E-state index contributed by atoms with van der Waals surface area (Å²) >= 11 is 0. The van der Waals surface area contributed by atoms with Crippen LogP contribution in [0.25, 0.3) is 0 Å². The molecule has 2 saturated heterocycles. The smallest absolute Gasteiger partial charge is 0.129 e. The number of hydrogen-bond acceptors (Lipinski definition) is 6. The Hall–Kier alpha value is -2.44. The van der Waals surface area contributed by atoms with Crippen LogP contribution in [0.2, 0.25) is 0 Å². The Kier molecular flexibility index (Phi) is 5.36. The minimum absolute atomic E-state index is 0.0353. The average molecular weight is 549 g/mol. The van der Waals surface area contributed by atoms with E-state index in [4.69, 9.17) is 18.9 Å². The third-order valence-corrected chi connectivity index (χ3v) is 11.4. The molecular formula is C34H44O6. The molecule has 2 aromatic carbocycles. The van der Waals surface area contributed by atoms with Crippen molar-refractivity contribution in [3.8, 4) is 23.0 Å². The molecule has 6 aliphatic rings. The Morgan fingerprint density at radius 2 is 1.00 bits per heavy atom. The molecule has 4 aliphatic heterocycles. The summed E-state index contributed by atoms with van der Waals surface area (Å²) < 4.78 is 25.4. The zero-order valence-corrected chi connectivity index (χ0v) is 25.1. The molecule has 0 radical (unpaired) electrons. The maximum absolute atomic E-state index is 10.4. The number of hydrogen-bond donors (Lipinski definition) is 2. The van der Waals surface area contributed by atoms with E-state index in [1.807, 2.05) is 38.1 Å². The molecule has 0 aromatic heterocycles. The highest BCUT2D eigenvalue weighted by Crippen LogP contribution is 2.67. The number of phenols is 2. The highest BCUT2D eigenvalue weighted by molar-refractivity contribution is 5.53. The number of rotatable bonds is 0. The third-order valence-electron chi connectivity index (χ3n) is 11.4. The standard InChI is InChI=1S/2C17H22O3/c2*1-9-7-10(18)13-11(8-9)20-17(4)6-5-12-16(2,3)15(17)14(13)19-12/h2*7-8,12,14-15,18H,5-6H2,1-4H3/t2*12-,14+,15-,17+/m11/s1. The number of benzene rings is 2. The number of aromatic hydroxyl groups is 2. The van der Waals surface area contributed by atoms with Crippen LogP contribution >= 0.6 is 0 Å². The van der Waals surface area contributed by atoms with Gasteiger partial charge in [-0.15, -0.1) is 0 Å². The summed E-state index contributed by atoms with van der Waals surface area (Å²) in [7, 11) is 0. The first-order valence-corrected chi connectivity index (χ1v) is 15.0. The van der Waals surface area contributed by atoms with Gasteiger partial charge in [0.15, 0.2) is 0 Å². The lowest BCUT2D eigenvalue weighted by Gasteiger charge is -2.51. The lowest BCUT2D eigenvalue weighted by molar-refractivity contribution is -0.0713. The van der Waals surface area contributed by atoms with Gasteiger partial charge in [-0.1, -0.05) is 27.7 Å². The largest absolute Gasteiger partial charge is 0.507 e. The number of phenolic OH excluding ortho intramolecular Hbond substituents is 2. The lowest BCUT2D eigenvalue weighted by atomic mass is 9.59. The predicted octanol–water partition coefficient (Wildman–Crippen LogP) is 7.46. The molecule has 0 spiro atoms. The van der Waals surface area contributed by atoms with E-state index >= 15 is 0 Å². The fourth-order valence-electron chi connectivity index (χ4n) is 9.72. The van der Waals surface area contributed by atoms with Gasteiger partial charge < -0.3 is 29.2 Å². The van der Waals surface area contributed by atoms with Crippen molar-refractivity contribution in [3.05, 3.63) is 46.5 Å². The van der Waals surface area contributed by atoms with Crippen molar-refractivity contribution in [1.29, 1.82) is 0 Å². The van der Waals surface area contributed by atoms with Crippen LogP contribution in [0.5, 0.6) is 23.0 Å². The minimum Gasteiger partial charge on any atom is -0.507 e. The van der Waals surface area contributed by atoms with Crippen LogP contribution in [0.3, 0.4) is 0 Å². The monoisotopic (exact) mass is 548 g/mol. The summed E-state index contributed by atoms with van der Waals surface area (Å²) in [5, 5.41) is 20.7. The molecule has 4 heterocycles. The van der Waals surface area contributed by atoms with E-state index in [1.54, 1.807) is 0 Å². The fraction of sp³-hybridized carbons (Fsp3) is 0.647. The van der Waals surface area contributed by atoms with Gasteiger partial charge in [0.2, 0.25) is 0 Å². The first-order valence-electron chi connectivity index (χ1n) is 15.0. The summed E-state index contributed by atoms with van der Waals surface area (Å²) in [4.78, 5) is 0. The predicted molar refractivity (Wildman–Crippen MR) is 152 cm³/mol. The van der Waals surface area contributed by atoms with Crippen LogP contribution in [0.1, 0.15) is 102 Å². The molecule has 4 fully saturated rings. The van der Waals surface area contributed by atoms with Gasteiger partial charge in [-0.2, -0.15) is 0 Å². The van der Waals surface area contributed by atoms with E-state index in [2.05, 4.69) is 41.5 Å². The lowest BCUT2D eigenvalue weighted by Crippen LogP contribution is -2.54. The van der Waals surface area contributed by atoms with Crippen molar-refractivity contribution in [2.45, 2.75) is 117 Å². The van der Waals surface area contributed by atoms with E-state index in [0.717, 1.165) is 59.4 Å². The van der Waals surface area contributed by atoms with Crippen molar-refractivity contribution >= 4 is 0 Å². The maximum atomic E-state index is 10.4. The summed E-state index contributed by atoms with van der Waals surface area (Å²) in [6, 6.07) is 7.67. The molecule has 8 atom stereocenters. The van der Waals surface area contributed by atoms with Crippen LogP contribution in [0, 0.1) is 36.5 Å². The molecule has 2 aromatic rings. The molecule has 40 heavy (non-hydrogen) atoms. The fourth-order valence-corrected chi connectivity index (χ4v) is 9.72. The highest BCUT2D eigenvalue weighted by Gasteiger charge is 2.66. The molecule has 6 nitrogen and oxygen atoms in total. The third kappa shape index (κ3) is 3.41. The zero-order chi connectivity index (χ0) is 28.6. The molecule has 2 N–H and O–H groups in total. The molecule has 0 unspecified atom stereocenters. The number of ether oxygens (including phenoxy) is 4. The van der Waals surface area contributed by atoms with E-state index < -0.39 is 0 Å². The van der Waals surface area contributed by atoms with Gasteiger partial charge in [-0.05, 0) is 88.8 Å². The van der Waals surface area contributed by atoms with Crippen LogP contribution in [0.4, 0.5) is 0 Å². The van der Waals surface area contributed by atoms with Crippen molar-refractivity contribution in [3.63, 3.8) is 0 Å². The molecule has 2 aliphatic carbocycles. The molecule has 216 valence electrons. The average Bonchev–Trinajstić information content (AvgIpc) is 3.14. The number of fused-ring (bicyclic) bond motifs is 6. The molecule has 8 rings (SSSR count). The Morgan fingerprint density at radius 3 is 1.38 bits per heavy atom. The quantitative estimate of drug-likeness (QED) is 0.356. The van der Waals surface area contributed by atoms with Crippen LogP contribution in [0.15, 0.2) is 24.3 Å². The van der Waals surface area contributed by atoms with Gasteiger partial charge in [-0.3, -0.25) is 0 Å². The molecule has 2 saturated carbocycles. The summed E-state index contributed by atoms with van der Waals surface area (Å²) in [5.41, 5.74) is 3.57. The first-order chi connectivity index (χ1) is 18.7. The maximum Gasteiger partial charge on any atom is 0.129 e. The van der Waals surface area contributed by atoms with Gasteiger partial charge >= 0.3 is 0 Å². The molecular weight excluding hydrogens is 504 g/mol. The van der Waals surface area contributed by atoms with Crippen molar-refractivity contribution in [1.82, 2.24) is 0 Å². The normalized spacial score (nSPS) is 40.1. The van der Waals surface area contributed by atoms with E-state index in [0.29, 0.717) is 23.3 Å². The van der Waals surface area contributed by atoms with Gasteiger partial charge in [0.05, 0.1) is 35.5 Å². The molecule has 0 amide bonds. The Balaban J connectivity index is 0.000000132. The van der Waals surface area contributed by atoms with Crippen molar-refractivity contribution in [2.24, 2.45) is 22.7 Å². The number of aryl methyl sites for hydroxylation is 2. The molecule has 6 heteroatoms. The SMILES string of the molecule is Cc1cc(O)c2c(c1)O[C@@]1(C)CC[C@H]3O[C@@H]2[C@@H]1C3(C)C.Cc1cc(O)c2c(c1)O[C@@]1(C)CC[C@H]3O[C@@H]2[C@@H]1C3(C)C. The van der Waals surface area contributed by atoms with Gasteiger partial charge in [0, 0.05) is 22.7 Å². The van der Waals surface area contributed by atoms with Crippen LogP contribution in [-0.4, -0.2) is 33.6 Å².